The van der Waals surface area contributed by atoms with Gasteiger partial charge in [-0.15, -0.1) is 0 Å². The van der Waals surface area contributed by atoms with Crippen molar-refractivity contribution in [2.45, 2.75) is 25.4 Å². The number of ether oxygens (including phenoxy) is 1. The van der Waals surface area contributed by atoms with Gasteiger partial charge in [-0.05, 0) is 55.2 Å². The Morgan fingerprint density at radius 2 is 1.85 bits per heavy atom. The van der Waals surface area contributed by atoms with Crippen LogP contribution in [0, 0.1) is 11.7 Å². The van der Waals surface area contributed by atoms with Crippen LogP contribution in [0.3, 0.4) is 0 Å². The van der Waals surface area contributed by atoms with Crippen LogP contribution in [0.2, 0.25) is 0 Å². The van der Waals surface area contributed by atoms with Crippen LogP contribution in [-0.2, 0) is 11.0 Å². The number of alkyl halides is 3. The first-order valence-corrected chi connectivity index (χ1v) is 8.56. The van der Waals surface area contributed by atoms with Crippen LogP contribution in [0.25, 0.3) is 0 Å². The monoisotopic (exact) mass is 381 g/mol. The van der Waals surface area contributed by atoms with Crippen molar-refractivity contribution in [3.8, 4) is 5.75 Å². The maximum atomic E-state index is 13.0. The molecule has 0 bridgehead atoms. The molecule has 1 saturated carbocycles. The summed E-state index contributed by atoms with van der Waals surface area (Å²) in [4.78, 5) is 5.20. The number of oxime groups is 1. The van der Waals surface area contributed by atoms with E-state index in [-0.39, 0.29) is 30.7 Å². The third-order valence-electron chi connectivity index (χ3n) is 4.44. The Hall–Kier alpha value is -2.57. The molecule has 1 fully saturated rings. The van der Waals surface area contributed by atoms with Crippen molar-refractivity contribution in [2.24, 2.45) is 11.1 Å². The highest BCUT2D eigenvalue weighted by Crippen LogP contribution is 2.48. The summed E-state index contributed by atoms with van der Waals surface area (Å²) in [5.74, 6) is 0.456. The molecule has 3 rings (SSSR count). The Kier molecular flexibility index (Phi) is 5.68. The summed E-state index contributed by atoms with van der Waals surface area (Å²) in [6.45, 7) is 2.08. The van der Waals surface area contributed by atoms with Gasteiger partial charge in [0.05, 0.1) is 11.3 Å². The van der Waals surface area contributed by atoms with Gasteiger partial charge in [-0.3, -0.25) is 0 Å². The molecule has 0 heterocycles. The van der Waals surface area contributed by atoms with Crippen LogP contribution in [-0.4, -0.2) is 18.9 Å². The van der Waals surface area contributed by atoms with Crippen molar-refractivity contribution in [3.05, 3.63) is 65.5 Å². The summed E-state index contributed by atoms with van der Waals surface area (Å²) >= 11 is 0. The van der Waals surface area contributed by atoms with Gasteiger partial charge in [-0.2, -0.15) is 13.2 Å². The molecule has 0 aliphatic heterocycles. The van der Waals surface area contributed by atoms with Gasteiger partial charge in [0, 0.05) is 5.92 Å². The highest BCUT2D eigenvalue weighted by molar-refractivity contribution is 5.87. The fourth-order valence-corrected chi connectivity index (χ4v) is 2.91. The maximum absolute atomic E-state index is 13.0. The lowest BCUT2D eigenvalue weighted by molar-refractivity contribution is -0.137. The number of rotatable bonds is 7. The van der Waals surface area contributed by atoms with Gasteiger partial charge in [0.25, 0.3) is 0 Å². The van der Waals surface area contributed by atoms with Gasteiger partial charge >= 0.3 is 6.18 Å². The molecule has 0 amide bonds. The summed E-state index contributed by atoms with van der Waals surface area (Å²) in [5.41, 5.74) is 1.16. The third-order valence-corrected chi connectivity index (χ3v) is 4.44. The first-order valence-electron chi connectivity index (χ1n) is 8.56. The van der Waals surface area contributed by atoms with E-state index in [4.69, 9.17) is 9.57 Å². The minimum absolute atomic E-state index is 0.0874. The lowest BCUT2D eigenvalue weighted by atomic mass is 10.1. The molecule has 2 aromatic carbocycles. The Morgan fingerprint density at radius 1 is 1.11 bits per heavy atom. The standard InChI is InChI=1S/C20H19F4NO2/c1-13(18-12-19(18)14-5-7-16(21)8-6-14)25-27-10-9-26-17-4-2-3-15(11-17)20(22,23)24/h2-8,11,18-19H,9-10,12H2,1H3/t18-,19-/m1/s1. The van der Waals surface area contributed by atoms with E-state index in [1.54, 1.807) is 12.1 Å². The molecule has 2 atom stereocenters. The zero-order chi connectivity index (χ0) is 19.4. The summed E-state index contributed by atoms with van der Waals surface area (Å²) < 4.78 is 56.1. The Balaban J connectivity index is 1.42. The second-order valence-corrected chi connectivity index (χ2v) is 6.44. The largest absolute Gasteiger partial charge is 0.490 e. The van der Waals surface area contributed by atoms with Crippen LogP contribution >= 0.6 is 0 Å². The zero-order valence-corrected chi connectivity index (χ0v) is 14.7. The third kappa shape index (κ3) is 5.21. The molecule has 3 nitrogen and oxygen atoms in total. The molecule has 144 valence electrons. The molecule has 1 aliphatic carbocycles. The van der Waals surface area contributed by atoms with E-state index in [0.29, 0.717) is 5.92 Å². The Morgan fingerprint density at radius 3 is 2.56 bits per heavy atom. The second kappa shape index (κ2) is 7.98. The van der Waals surface area contributed by atoms with Gasteiger partial charge in [-0.25, -0.2) is 4.39 Å². The second-order valence-electron chi connectivity index (χ2n) is 6.44. The van der Waals surface area contributed by atoms with Gasteiger partial charge in [0.15, 0.2) is 6.61 Å². The summed E-state index contributed by atoms with van der Waals surface area (Å²) in [5, 5.41) is 4.05. The normalized spacial score (nSPS) is 19.7. The molecule has 0 spiro atoms. The average Bonchev–Trinajstić information content (AvgIpc) is 3.42. The van der Waals surface area contributed by atoms with Crippen LogP contribution in [0.4, 0.5) is 17.6 Å². The lowest BCUT2D eigenvalue weighted by Crippen LogP contribution is -2.08. The van der Waals surface area contributed by atoms with Crippen molar-refractivity contribution in [1.82, 2.24) is 0 Å². The fourth-order valence-electron chi connectivity index (χ4n) is 2.91. The predicted molar refractivity (Wildman–Crippen MR) is 93.2 cm³/mol. The van der Waals surface area contributed by atoms with Crippen LogP contribution in [0.5, 0.6) is 5.75 Å². The van der Waals surface area contributed by atoms with Crippen LogP contribution < -0.4 is 4.74 Å². The quantitative estimate of drug-likeness (QED) is 0.278. The molecule has 1 aliphatic rings. The minimum Gasteiger partial charge on any atom is -0.490 e. The molecular weight excluding hydrogens is 362 g/mol. The molecular formula is C20H19F4NO2. The molecule has 0 saturated heterocycles. The van der Waals surface area contributed by atoms with E-state index < -0.39 is 11.7 Å². The number of benzene rings is 2. The number of halogens is 4. The first-order chi connectivity index (χ1) is 12.8. The first kappa shape index (κ1) is 19.2. The van der Waals surface area contributed by atoms with Gasteiger partial charge in [0.2, 0.25) is 0 Å². The van der Waals surface area contributed by atoms with Crippen LogP contribution in [0.1, 0.15) is 30.4 Å². The van der Waals surface area contributed by atoms with Gasteiger partial charge < -0.3 is 9.57 Å². The van der Waals surface area contributed by atoms with Crippen molar-refractivity contribution in [2.75, 3.05) is 13.2 Å². The summed E-state index contributed by atoms with van der Waals surface area (Å²) in [7, 11) is 0. The molecule has 0 N–H and O–H groups in total. The predicted octanol–water partition coefficient (Wildman–Crippen LogP) is 5.42. The molecule has 7 heteroatoms. The van der Waals surface area contributed by atoms with E-state index in [1.165, 1.54) is 24.3 Å². The van der Waals surface area contributed by atoms with Gasteiger partial charge in [0.1, 0.15) is 18.2 Å². The SMILES string of the molecule is CC(=NOCCOc1cccc(C(F)(F)F)c1)[C@H]1C[C@@H]1c1ccc(F)cc1. The number of hydrogen-bond donors (Lipinski definition) is 0. The molecule has 0 aromatic heterocycles. The van der Waals surface area contributed by atoms with Crippen molar-refractivity contribution in [1.29, 1.82) is 0 Å². The lowest BCUT2D eigenvalue weighted by Gasteiger charge is -2.10. The van der Waals surface area contributed by atoms with E-state index >= 15 is 0 Å². The zero-order valence-electron chi connectivity index (χ0n) is 14.7. The summed E-state index contributed by atoms with van der Waals surface area (Å²) in [6.07, 6.45) is -3.46. The topological polar surface area (TPSA) is 30.8 Å². The molecule has 27 heavy (non-hydrogen) atoms. The summed E-state index contributed by atoms with van der Waals surface area (Å²) in [6, 6.07) is 11.1. The number of hydrogen-bond acceptors (Lipinski definition) is 3. The molecule has 2 aromatic rings. The average molecular weight is 381 g/mol. The van der Waals surface area contributed by atoms with Crippen molar-refractivity contribution >= 4 is 5.71 Å². The van der Waals surface area contributed by atoms with Gasteiger partial charge in [-0.1, -0.05) is 23.4 Å². The molecule has 0 unspecified atom stereocenters. The minimum atomic E-state index is -4.40. The van der Waals surface area contributed by atoms with Crippen molar-refractivity contribution < 1.29 is 27.1 Å². The fraction of sp³-hybridized carbons (Fsp3) is 0.350. The van der Waals surface area contributed by atoms with E-state index in [1.807, 2.05) is 6.92 Å². The maximum Gasteiger partial charge on any atom is 0.416 e. The smallest absolute Gasteiger partial charge is 0.416 e. The Labute approximate surface area is 154 Å². The van der Waals surface area contributed by atoms with Crippen LogP contribution in [0.15, 0.2) is 53.7 Å². The van der Waals surface area contributed by atoms with E-state index in [2.05, 4.69) is 5.16 Å². The molecule has 0 radical (unpaired) electrons. The van der Waals surface area contributed by atoms with E-state index in [0.717, 1.165) is 29.8 Å². The van der Waals surface area contributed by atoms with E-state index in [9.17, 15) is 17.6 Å². The Bertz CT molecular complexity index is 802. The highest BCUT2D eigenvalue weighted by atomic mass is 19.4. The highest BCUT2D eigenvalue weighted by Gasteiger charge is 2.40. The number of nitrogens with zero attached hydrogens (tertiary/aromatic N) is 1. The van der Waals surface area contributed by atoms with Crippen molar-refractivity contribution in [3.63, 3.8) is 0 Å².